The van der Waals surface area contributed by atoms with Crippen molar-refractivity contribution < 1.29 is 0 Å². The minimum absolute atomic E-state index is 1.16. The lowest BCUT2D eigenvalue weighted by atomic mass is 10.1. The fourth-order valence-corrected chi connectivity index (χ4v) is 8.66. The monoisotopic (exact) mass is 590 g/mol. The second-order valence-electron chi connectivity index (χ2n) is 11.7. The van der Waals surface area contributed by atoms with Crippen molar-refractivity contribution in [3.05, 3.63) is 158 Å². The van der Waals surface area contributed by atoms with Crippen LogP contribution < -0.4 is 0 Å². The molecular weight excluding hydrogens is 565 g/mol. The van der Waals surface area contributed by atoms with Crippen LogP contribution in [0.25, 0.3) is 86.3 Å². The molecule has 0 atom stereocenters. The van der Waals surface area contributed by atoms with E-state index in [1.165, 1.54) is 80.6 Å². The Balaban J connectivity index is 1.40. The molecule has 10 aromatic rings. The number of thiophene rings is 1. The number of fused-ring (bicyclic) bond motifs is 10. The van der Waals surface area contributed by atoms with Crippen molar-refractivity contribution in [2.45, 2.75) is 0 Å². The van der Waals surface area contributed by atoms with Gasteiger partial charge >= 0.3 is 0 Å². The molecule has 3 heteroatoms. The summed E-state index contributed by atoms with van der Waals surface area (Å²) in [7, 11) is 0. The highest BCUT2D eigenvalue weighted by molar-refractivity contribution is 7.26. The van der Waals surface area contributed by atoms with Crippen molar-refractivity contribution in [1.82, 2.24) is 9.13 Å². The number of benzene rings is 7. The first-order valence-corrected chi connectivity index (χ1v) is 16.2. The van der Waals surface area contributed by atoms with E-state index in [1.807, 2.05) is 11.3 Å². The van der Waals surface area contributed by atoms with Gasteiger partial charge in [-0.05, 0) is 53.6 Å². The molecular formula is C42H26N2S. The first-order chi connectivity index (χ1) is 22.3. The number of aromatic nitrogens is 2. The fraction of sp³-hybridized carbons (Fsp3) is 0. The number of rotatable bonds is 3. The molecule has 0 saturated carbocycles. The molecule has 3 heterocycles. The average molecular weight is 591 g/mol. The third kappa shape index (κ3) is 3.50. The van der Waals surface area contributed by atoms with E-state index < -0.39 is 0 Å². The highest BCUT2D eigenvalue weighted by Crippen LogP contribution is 2.45. The van der Waals surface area contributed by atoms with E-state index in [-0.39, 0.29) is 0 Å². The average Bonchev–Trinajstić information content (AvgIpc) is 3.76. The van der Waals surface area contributed by atoms with Crippen molar-refractivity contribution in [3.63, 3.8) is 0 Å². The molecule has 0 radical (unpaired) electrons. The van der Waals surface area contributed by atoms with Gasteiger partial charge in [0.1, 0.15) is 0 Å². The fourth-order valence-electron chi connectivity index (χ4n) is 7.40. The van der Waals surface area contributed by atoms with Crippen LogP contribution in [0.15, 0.2) is 158 Å². The zero-order chi connectivity index (χ0) is 29.5. The molecule has 2 nitrogen and oxygen atoms in total. The highest BCUT2D eigenvalue weighted by atomic mass is 32.1. The van der Waals surface area contributed by atoms with Crippen molar-refractivity contribution in [3.8, 4) is 22.5 Å². The number of hydrogen-bond acceptors (Lipinski definition) is 1. The van der Waals surface area contributed by atoms with E-state index >= 15 is 0 Å². The number of para-hydroxylation sites is 3. The Morgan fingerprint density at radius 1 is 0.400 bits per heavy atom. The van der Waals surface area contributed by atoms with Crippen LogP contribution in [0.2, 0.25) is 0 Å². The van der Waals surface area contributed by atoms with Gasteiger partial charge in [0.15, 0.2) is 0 Å². The van der Waals surface area contributed by atoms with Crippen LogP contribution in [0.5, 0.6) is 0 Å². The Labute approximate surface area is 263 Å². The summed E-state index contributed by atoms with van der Waals surface area (Å²) in [6, 6.07) is 57.6. The topological polar surface area (TPSA) is 9.86 Å². The quantitative estimate of drug-likeness (QED) is 0.194. The molecule has 0 bridgehead atoms. The van der Waals surface area contributed by atoms with Crippen molar-refractivity contribution in [1.29, 1.82) is 0 Å². The van der Waals surface area contributed by atoms with Gasteiger partial charge in [-0.3, -0.25) is 0 Å². The lowest BCUT2D eigenvalue weighted by molar-refractivity contribution is 1.13. The van der Waals surface area contributed by atoms with Gasteiger partial charge in [0.25, 0.3) is 0 Å². The van der Waals surface area contributed by atoms with Crippen molar-refractivity contribution in [2.24, 2.45) is 0 Å². The maximum Gasteiger partial charge on any atom is 0.0782 e. The molecule has 10 rings (SSSR count). The van der Waals surface area contributed by atoms with E-state index in [0.717, 1.165) is 5.69 Å². The third-order valence-corrected chi connectivity index (χ3v) is 10.5. The van der Waals surface area contributed by atoms with E-state index in [9.17, 15) is 0 Å². The van der Waals surface area contributed by atoms with Crippen LogP contribution in [0, 0.1) is 0 Å². The van der Waals surface area contributed by atoms with Crippen LogP contribution in [0.1, 0.15) is 0 Å². The maximum atomic E-state index is 2.50. The zero-order valence-corrected chi connectivity index (χ0v) is 25.1. The Bertz CT molecular complexity index is 2710. The molecule has 0 aliphatic heterocycles. The minimum Gasteiger partial charge on any atom is -0.307 e. The summed E-state index contributed by atoms with van der Waals surface area (Å²) < 4.78 is 7.63. The van der Waals surface area contributed by atoms with Gasteiger partial charge in [-0.25, -0.2) is 0 Å². The lowest BCUT2D eigenvalue weighted by Gasteiger charge is -2.15. The summed E-state index contributed by atoms with van der Waals surface area (Å²) in [4.78, 5) is 0. The van der Waals surface area contributed by atoms with Gasteiger partial charge in [0, 0.05) is 47.4 Å². The first kappa shape index (κ1) is 24.8. The predicted octanol–water partition coefficient (Wildman–Crippen LogP) is 11.9. The summed E-state index contributed by atoms with van der Waals surface area (Å²) >= 11 is 1.90. The van der Waals surface area contributed by atoms with Crippen molar-refractivity contribution in [2.75, 3.05) is 0 Å². The molecule has 0 fully saturated rings. The smallest absolute Gasteiger partial charge is 0.0782 e. The van der Waals surface area contributed by atoms with Gasteiger partial charge in [-0.2, -0.15) is 0 Å². The Morgan fingerprint density at radius 2 is 1.04 bits per heavy atom. The molecule has 45 heavy (non-hydrogen) atoms. The molecule has 3 aromatic heterocycles. The largest absolute Gasteiger partial charge is 0.307 e. The van der Waals surface area contributed by atoms with Gasteiger partial charge in [-0.1, -0.05) is 115 Å². The SMILES string of the molecule is c1ccc(-c2cccc(-n3c4ccc5c6ccccc6sc5c4c4cccc(-n5c6ccccc6c6ccccc65)c43)c2)cc1. The van der Waals surface area contributed by atoms with Crippen LogP contribution in [-0.2, 0) is 0 Å². The second-order valence-corrected chi connectivity index (χ2v) is 12.8. The Kier molecular flexibility index (Phi) is 5.19. The van der Waals surface area contributed by atoms with Gasteiger partial charge < -0.3 is 9.13 Å². The van der Waals surface area contributed by atoms with Crippen molar-refractivity contribution >= 4 is 75.1 Å². The van der Waals surface area contributed by atoms with E-state index in [1.54, 1.807) is 0 Å². The molecule has 210 valence electrons. The molecule has 0 saturated heterocycles. The second kappa shape index (κ2) is 9.43. The standard InChI is InChI=1S/C42H26N2S/c1-2-12-27(13-3-1)28-14-10-15-29(26-28)43-37-25-24-33-32-18-6-9-23-39(32)45-42(33)40(37)34-19-11-22-38(41(34)43)44-35-20-7-4-16-30(35)31-17-5-8-21-36(31)44/h1-26H. The van der Waals surface area contributed by atoms with Crippen LogP contribution >= 0.6 is 11.3 Å². The first-order valence-electron chi connectivity index (χ1n) is 15.4. The van der Waals surface area contributed by atoms with Gasteiger partial charge in [0.2, 0.25) is 0 Å². The highest BCUT2D eigenvalue weighted by Gasteiger charge is 2.22. The molecule has 0 aliphatic rings. The maximum absolute atomic E-state index is 2.50. The lowest BCUT2D eigenvalue weighted by Crippen LogP contribution is -2.00. The number of hydrogen-bond donors (Lipinski definition) is 0. The molecule has 7 aromatic carbocycles. The summed E-state index contributed by atoms with van der Waals surface area (Å²) in [5.41, 5.74) is 9.64. The Hall–Kier alpha value is -5.64. The van der Waals surface area contributed by atoms with Crippen LogP contribution in [-0.4, -0.2) is 9.13 Å². The summed E-state index contributed by atoms with van der Waals surface area (Å²) in [6.45, 7) is 0. The summed E-state index contributed by atoms with van der Waals surface area (Å²) in [5.74, 6) is 0. The molecule has 0 unspecified atom stereocenters. The normalized spacial score (nSPS) is 12.0. The van der Waals surface area contributed by atoms with E-state index in [2.05, 4.69) is 167 Å². The molecule has 0 amide bonds. The predicted molar refractivity (Wildman–Crippen MR) is 193 cm³/mol. The molecule has 0 spiro atoms. The zero-order valence-electron chi connectivity index (χ0n) is 24.3. The molecule has 0 N–H and O–H groups in total. The Morgan fingerprint density at radius 3 is 1.84 bits per heavy atom. The van der Waals surface area contributed by atoms with E-state index in [4.69, 9.17) is 0 Å². The van der Waals surface area contributed by atoms with Crippen LogP contribution in [0.3, 0.4) is 0 Å². The molecule has 0 aliphatic carbocycles. The third-order valence-electron chi connectivity index (χ3n) is 9.31. The number of nitrogens with zero attached hydrogens (tertiary/aromatic N) is 2. The van der Waals surface area contributed by atoms with Gasteiger partial charge in [0.05, 0.1) is 27.8 Å². The summed E-state index contributed by atoms with van der Waals surface area (Å²) in [5, 5.41) is 7.77. The van der Waals surface area contributed by atoms with Crippen LogP contribution in [0.4, 0.5) is 0 Å². The summed E-state index contributed by atoms with van der Waals surface area (Å²) in [6.07, 6.45) is 0. The minimum atomic E-state index is 1.16. The van der Waals surface area contributed by atoms with Gasteiger partial charge in [-0.15, -0.1) is 11.3 Å². The van der Waals surface area contributed by atoms with E-state index in [0.29, 0.717) is 0 Å².